The van der Waals surface area contributed by atoms with Crippen LogP contribution in [0.3, 0.4) is 0 Å². The van der Waals surface area contributed by atoms with Crippen LogP contribution in [0.2, 0.25) is 0 Å². The van der Waals surface area contributed by atoms with Crippen molar-refractivity contribution < 1.29 is 17.9 Å². The van der Waals surface area contributed by atoms with Crippen LogP contribution in [-0.4, -0.2) is 43.9 Å². The molecule has 3 aliphatic rings. The van der Waals surface area contributed by atoms with E-state index in [1.54, 1.807) is 6.92 Å². The number of benzene rings is 1. The van der Waals surface area contributed by atoms with E-state index in [1.165, 1.54) is 26.8 Å². The minimum atomic E-state index is -4.19. The van der Waals surface area contributed by atoms with E-state index in [-0.39, 0.29) is 11.2 Å². The van der Waals surface area contributed by atoms with E-state index in [0.29, 0.717) is 31.1 Å². The first-order chi connectivity index (χ1) is 15.4. The lowest BCUT2D eigenvalue weighted by atomic mass is 9.99. The van der Waals surface area contributed by atoms with Crippen molar-refractivity contribution in [1.29, 1.82) is 0 Å². The van der Waals surface area contributed by atoms with Gasteiger partial charge < -0.3 is 10.1 Å². The average Bonchev–Trinajstić information content (AvgIpc) is 3.49. The molecule has 11 heteroatoms. The second kappa shape index (κ2) is 8.60. The molecule has 1 aromatic carbocycles. The van der Waals surface area contributed by atoms with Crippen LogP contribution >= 0.6 is 11.3 Å². The number of carbonyl (C=O) groups excluding carboxylic acids is 1. The molecule has 2 amide bonds. The number of anilines is 2. The second-order valence-electron chi connectivity index (χ2n) is 8.54. The summed E-state index contributed by atoms with van der Waals surface area (Å²) in [5.74, 6) is 0. The fourth-order valence-electron chi connectivity index (χ4n) is 5.02. The maximum absolute atomic E-state index is 13.4. The highest BCUT2D eigenvalue weighted by Gasteiger charge is 2.36. The maximum Gasteiger partial charge on any atom is 0.334 e. The van der Waals surface area contributed by atoms with E-state index in [1.807, 2.05) is 0 Å². The van der Waals surface area contributed by atoms with Crippen LogP contribution < -0.4 is 14.3 Å². The highest BCUT2D eigenvalue weighted by molar-refractivity contribution is 7.91. The van der Waals surface area contributed by atoms with E-state index >= 15 is 0 Å². The highest BCUT2D eigenvalue weighted by Crippen LogP contribution is 2.38. The Kier molecular flexibility index (Phi) is 5.81. The summed E-state index contributed by atoms with van der Waals surface area (Å²) in [6, 6.07) is 1.19. The van der Waals surface area contributed by atoms with Crippen LogP contribution in [0.15, 0.2) is 6.07 Å². The van der Waals surface area contributed by atoms with E-state index in [2.05, 4.69) is 26.3 Å². The summed E-state index contributed by atoms with van der Waals surface area (Å²) in [7, 11) is -4.19. The molecule has 0 saturated carbocycles. The number of hydrogen-bond acceptors (Lipinski definition) is 7. The van der Waals surface area contributed by atoms with Crippen molar-refractivity contribution in [3.05, 3.63) is 33.3 Å². The van der Waals surface area contributed by atoms with Gasteiger partial charge in [-0.1, -0.05) is 17.4 Å². The Morgan fingerprint density at radius 1 is 1.09 bits per heavy atom. The number of nitrogens with zero attached hydrogens (tertiary/aromatic N) is 3. The number of amides is 2. The fraction of sp³-hybridized carbons (Fsp3) is 0.571. The summed E-state index contributed by atoms with van der Waals surface area (Å²) in [5, 5.41) is 11.8. The molecular formula is C21H27N5O4S2. The van der Waals surface area contributed by atoms with Crippen LogP contribution in [0.5, 0.6) is 0 Å². The molecule has 1 aromatic heterocycles. The number of rotatable bonds is 5. The largest absolute Gasteiger partial charge is 0.381 e. The lowest BCUT2D eigenvalue weighted by Crippen LogP contribution is -2.51. The molecule has 5 rings (SSSR count). The predicted molar refractivity (Wildman–Crippen MR) is 123 cm³/mol. The van der Waals surface area contributed by atoms with Crippen molar-refractivity contribution >= 4 is 38.4 Å². The SMILES string of the molecule is Cc1nnc(N(C2CCOCC2)S(=O)(=O)NC(=O)Nc2c3c(cc4c2CCC4)CCC3)s1. The average molecular weight is 478 g/mol. The van der Waals surface area contributed by atoms with E-state index in [4.69, 9.17) is 4.74 Å². The van der Waals surface area contributed by atoms with Crippen LogP contribution in [-0.2, 0) is 40.6 Å². The normalized spacial score (nSPS) is 18.3. The van der Waals surface area contributed by atoms with Crippen LogP contribution in [0, 0.1) is 6.92 Å². The third-order valence-corrected chi connectivity index (χ3v) is 8.80. The van der Waals surface area contributed by atoms with Gasteiger partial charge in [-0.15, -0.1) is 10.2 Å². The summed E-state index contributed by atoms with van der Waals surface area (Å²) in [5.41, 5.74) is 5.66. The predicted octanol–water partition coefficient (Wildman–Crippen LogP) is 2.88. The Morgan fingerprint density at radius 3 is 2.34 bits per heavy atom. The number of hydrogen-bond donors (Lipinski definition) is 2. The summed E-state index contributed by atoms with van der Waals surface area (Å²) >= 11 is 1.19. The zero-order chi connectivity index (χ0) is 22.3. The molecule has 0 bridgehead atoms. The van der Waals surface area contributed by atoms with Gasteiger partial charge in [-0.2, -0.15) is 8.42 Å². The first kappa shape index (κ1) is 21.6. The van der Waals surface area contributed by atoms with Gasteiger partial charge in [-0.25, -0.2) is 13.8 Å². The maximum atomic E-state index is 13.4. The molecule has 2 aromatic rings. The molecule has 1 aliphatic heterocycles. The quantitative estimate of drug-likeness (QED) is 0.685. The molecule has 0 unspecified atom stereocenters. The van der Waals surface area contributed by atoms with Crippen LogP contribution in [0.1, 0.15) is 52.9 Å². The lowest BCUT2D eigenvalue weighted by molar-refractivity contribution is 0.0875. The van der Waals surface area contributed by atoms with Crippen LogP contribution in [0.4, 0.5) is 15.6 Å². The summed E-state index contributed by atoms with van der Waals surface area (Å²) in [4.78, 5) is 13.0. The smallest absolute Gasteiger partial charge is 0.334 e. The Labute approximate surface area is 191 Å². The molecule has 1 fully saturated rings. The third-order valence-electron chi connectivity index (χ3n) is 6.42. The molecule has 2 aliphatic carbocycles. The van der Waals surface area contributed by atoms with Gasteiger partial charge in [0.25, 0.3) is 0 Å². The van der Waals surface area contributed by atoms with E-state index in [0.717, 1.165) is 55.3 Å². The standard InChI is InChI=1S/C21H27N5O4S2/c1-13-23-24-21(31-13)26(16-8-10-30-11-9-16)32(28,29)25-20(27)22-19-17-6-2-4-14(17)12-15-5-3-7-18(15)19/h12,16H,2-11H2,1H3,(H2,22,25,27). The zero-order valence-electron chi connectivity index (χ0n) is 18.0. The first-order valence-corrected chi connectivity index (χ1v) is 13.4. The minimum Gasteiger partial charge on any atom is -0.381 e. The zero-order valence-corrected chi connectivity index (χ0v) is 19.6. The van der Waals surface area contributed by atoms with Crippen molar-refractivity contribution in [2.45, 2.75) is 64.3 Å². The Morgan fingerprint density at radius 2 is 1.75 bits per heavy atom. The molecule has 0 spiro atoms. The number of nitrogens with one attached hydrogen (secondary N) is 2. The molecule has 172 valence electrons. The van der Waals surface area contributed by atoms with Crippen molar-refractivity contribution in [2.75, 3.05) is 22.8 Å². The van der Waals surface area contributed by atoms with Gasteiger partial charge in [0.15, 0.2) is 0 Å². The highest BCUT2D eigenvalue weighted by atomic mass is 32.2. The van der Waals surface area contributed by atoms with Crippen molar-refractivity contribution in [3.63, 3.8) is 0 Å². The molecule has 1 saturated heterocycles. The van der Waals surface area contributed by atoms with Gasteiger partial charge in [0.05, 0.1) is 6.04 Å². The molecule has 2 heterocycles. The molecule has 32 heavy (non-hydrogen) atoms. The van der Waals surface area contributed by atoms with Crippen molar-refractivity contribution in [3.8, 4) is 0 Å². The van der Waals surface area contributed by atoms with E-state index in [9.17, 15) is 13.2 Å². The molecule has 0 radical (unpaired) electrons. The summed E-state index contributed by atoms with van der Waals surface area (Å²) in [6.07, 6.45) is 6.99. The Bertz CT molecular complexity index is 1110. The van der Waals surface area contributed by atoms with Gasteiger partial charge >= 0.3 is 16.2 Å². The van der Waals surface area contributed by atoms with Gasteiger partial charge in [0.2, 0.25) is 5.13 Å². The molecule has 0 atom stereocenters. The van der Waals surface area contributed by atoms with Gasteiger partial charge in [0, 0.05) is 18.9 Å². The van der Waals surface area contributed by atoms with Crippen LogP contribution in [0.25, 0.3) is 0 Å². The fourth-order valence-corrected chi connectivity index (χ4v) is 7.32. The molecular weight excluding hydrogens is 450 g/mol. The monoisotopic (exact) mass is 477 g/mol. The lowest BCUT2D eigenvalue weighted by Gasteiger charge is -2.32. The summed E-state index contributed by atoms with van der Waals surface area (Å²) < 4.78 is 35.6. The Balaban J connectivity index is 1.41. The van der Waals surface area contributed by atoms with Crippen molar-refractivity contribution in [2.24, 2.45) is 0 Å². The van der Waals surface area contributed by atoms with Gasteiger partial charge in [-0.3, -0.25) is 0 Å². The number of fused-ring (bicyclic) bond motifs is 2. The van der Waals surface area contributed by atoms with Gasteiger partial charge in [0.1, 0.15) is 5.01 Å². The number of aromatic nitrogens is 2. The third kappa shape index (κ3) is 4.08. The number of carbonyl (C=O) groups is 1. The number of urea groups is 1. The topological polar surface area (TPSA) is 114 Å². The number of ether oxygens (including phenoxy) is 1. The molecule has 2 N–H and O–H groups in total. The number of aryl methyl sites for hydroxylation is 3. The Hall–Kier alpha value is -2.24. The van der Waals surface area contributed by atoms with E-state index < -0.39 is 16.2 Å². The summed E-state index contributed by atoms with van der Waals surface area (Å²) in [6.45, 7) is 2.69. The second-order valence-corrected chi connectivity index (χ2v) is 11.2. The molecule has 9 nitrogen and oxygen atoms in total. The van der Waals surface area contributed by atoms with Crippen molar-refractivity contribution in [1.82, 2.24) is 14.9 Å². The first-order valence-electron chi connectivity index (χ1n) is 11.1. The van der Waals surface area contributed by atoms with Gasteiger partial charge in [-0.05, 0) is 80.5 Å². The minimum absolute atomic E-state index is 0.260.